The summed E-state index contributed by atoms with van der Waals surface area (Å²) >= 11 is 0. The summed E-state index contributed by atoms with van der Waals surface area (Å²) in [7, 11) is 0. The van der Waals surface area contributed by atoms with Gasteiger partial charge in [0.05, 0.1) is 5.57 Å². The fraction of sp³-hybridized carbons (Fsp3) is 0.364. The molecular weight excluding hydrogens is 342 g/mol. The molecular formula is C22H25NO4. The molecule has 1 atom stereocenters. The standard InChI is InChI=1S/C22H25NO4/c1-5-9-27-21(26)18-13(2)23-16-11-22(3,4)12-17(25)20(16)19(18)14-7-6-8-15(24)10-14/h5-8,10,19,23-24H,1,9,11-12H2,2-4H3/t19-/m1/s1. The number of allylic oxidation sites excluding steroid dienone is 3. The van der Waals surface area contributed by atoms with Crippen LogP contribution < -0.4 is 5.32 Å². The van der Waals surface area contributed by atoms with Crippen LogP contribution in [0.25, 0.3) is 0 Å². The Morgan fingerprint density at radius 3 is 2.81 bits per heavy atom. The number of rotatable bonds is 4. The maximum absolute atomic E-state index is 13.1. The number of Topliss-reactive ketones (excluding diaryl/α,β-unsaturated/α-hetero) is 1. The summed E-state index contributed by atoms with van der Waals surface area (Å²) in [5.41, 5.74) is 3.06. The molecule has 1 aliphatic heterocycles. The summed E-state index contributed by atoms with van der Waals surface area (Å²) in [5, 5.41) is 13.2. The van der Waals surface area contributed by atoms with E-state index in [9.17, 15) is 14.7 Å². The number of phenolic OH excluding ortho intramolecular Hbond substituents is 1. The van der Waals surface area contributed by atoms with Gasteiger partial charge in [-0.1, -0.05) is 38.6 Å². The lowest BCUT2D eigenvalue weighted by atomic mass is 9.68. The van der Waals surface area contributed by atoms with Crippen molar-refractivity contribution in [1.82, 2.24) is 5.32 Å². The molecule has 27 heavy (non-hydrogen) atoms. The molecule has 1 aromatic rings. The Morgan fingerprint density at radius 1 is 1.41 bits per heavy atom. The fourth-order valence-corrected chi connectivity index (χ4v) is 3.96. The van der Waals surface area contributed by atoms with Crippen LogP contribution in [0.1, 0.15) is 45.1 Å². The van der Waals surface area contributed by atoms with Crippen LogP contribution in [0, 0.1) is 5.41 Å². The number of hydrogen-bond donors (Lipinski definition) is 2. The van der Waals surface area contributed by atoms with E-state index in [1.54, 1.807) is 18.2 Å². The first-order valence-corrected chi connectivity index (χ1v) is 9.04. The molecule has 1 heterocycles. The van der Waals surface area contributed by atoms with Crippen molar-refractivity contribution in [2.24, 2.45) is 5.41 Å². The number of ketones is 1. The monoisotopic (exact) mass is 367 g/mol. The van der Waals surface area contributed by atoms with Crippen molar-refractivity contribution in [1.29, 1.82) is 0 Å². The molecule has 1 aromatic carbocycles. The molecule has 3 rings (SSSR count). The molecule has 0 aromatic heterocycles. The molecule has 2 aliphatic rings. The SMILES string of the molecule is C=CCOC(=O)C1=C(C)NC2=C(C(=O)CC(C)(C)C2)[C@@H]1c1cccc(O)c1. The van der Waals surface area contributed by atoms with Crippen molar-refractivity contribution < 1.29 is 19.4 Å². The van der Waals surface area contributed by atoms with E-state index in [0.29, 0.717) is 28.8 Å². The second-order valence-corrected chi connectivity index (χ2v) is 7.91. The summed E-state index contributed by atoms with van der Waals surface area (Å²) in [6.07, 6.45) is 2.64. The maximum atomic E-state index is 13.1. The van der Waals surface area contributed by atoms with E-state index in [-0.39, 0.29) is 23.6 Å². The summed E-state index contributed by atoms with van der Waals surface area (Å²) < 4.78 is 5.29. The fourth-order valence-electron chi connectivity index (χ4n) is 3.96. The summed E-state index contributed by atoms with van der Waals surface area (Å²) in [5.74, 6) is -0.941. The molecule has 0 fully saturated rings. The highest BCUT2D eigenvalue weighted by molar-refractivity contribution is 6.04. The average molecular weight is 367 g/mol. The number of esters is 1. The minimum Gasteiger partial charge on any atom is -0.508 e. The van der Waals surface area contributed by atoms with Gasteiger partial charge in [0.15, 0.2) is 5.78 Å². The molecule has 5 heteroatoms. The van der Waals surface area contributed by atoms with E-state index in [2.05, 4.69) is 25.7 Å². The first-order valence-electron chi connectivity index (χ1n) is 9.04. The van der Waals surface area contributed by atoms with Crippen molar-refractivity contribution >= 4 is 11.8 Å². The first-order chi connectivity index (χ1) is 12.7. The largest absolute Gasteiger partial charge is 0.508 e. The van der Waals surface area contributed by atoms with Gasteiger partial charge in [-0.2, -0.15) is 0 Å². The minimum absolute atomic E-state index is 0.0172. The summed E-state index contributed by atoms with van der Waals surface area (Å²) in [6, 6.07) is 6.70. The van der Waals surface area contributed by atoms with Crippen molar-refractivity contribution in [3.05, 3.63) is 65.0 Å². The van der Waals surface area contributed by atoms with E-state index in [0.717, 1.165) is 12.1 Å². The highest BCUT2D eigenvalue weighted by atomic mass is 16.5. The third-order valence-corrected chi connectivity index (χ3v) is 5.00. The van der Waals surface area contributed by atoms with Crippen molar-refractivity contribution in [2.75, 3.05) is 6.61 Å². The highest BCUT2D eigenvalue weighted by Gasteiger charge is 2.43. The van der Waals surface area contributed by atoms with E-state index in [1.807, 2.05) is 13.0 Å². The van der Waals surface area contributed by atoms with Gasteiger partial charge in [0.2, 0.25) is 0 Å². The van der Waals surface area contributed by atoms with Gasteiger partial charge >= 0.3 is 5.97 Å². The Morgan fingerprint density at radius 2 is 2.15 bits per heavy atom. The number of carbonyl (C=O) groups excluding carboxylic acids is 2. The Balaban J connectivity index is 2.15. The lowest BCUT2D eigenvalue weighted by Crippen LogP contribution is -2.38. The molecule has 0 amide bonds. The van der Waals surface area contributed by atoms with Crippen molar-refractivity contribution in [2.45, 2.75) is 39.5 Å². The van der Waals surface area contributed by atoms with Crippen LogP contribution in [0.3, 0.4) is 0 Å². The van der Waals surface area contributed by atoms with E-state index < -0.39 is 11.9 Å². The number of carbonyl (C=O) groups is 2. The number of aromatic hydroxyl groups is 1. The molecule has 5 nitrogen and oxygen atoms in total. The normalized spacial score (nSPS) is 21.4. The van der Waals surface area contributed by atoms with Crippen molar-refractivity contribution in [3.8, 4) is 5.75 Å². The zero-order valence-electron chi connectivity index (χ0n) is 16.0. The second kappa shape index (κ2) is 7.06. The third-order valence-electron chi connectivity index (χ3n) is 5.00. The predicted octanol–water partition coefficient (Wildman–Crippen LogP) is 3.73. The number of benzene rings is 1. The lowest BCUT2D eigenvalue weighted by Gasteiger charge is -2.39. The van der Waals surface area contributed by atoms with Gasteiger partial charge in [0.25, 0.3) is 0 Å². The number of dihydropyridines is 1. The lowest BCUT2D eigenvalue weighted by molar-refractivity contribution is -0.138. The Bertz CT molecular complexity index is 876. The molecule has 0 bridgehead atoms. The topological polar surface area (TPSA) is 75.6 Å². The highest BCUT2D eigenvalue weighted by Crippen LogP contribution is 2.47. The van der Waals surface area contributed by atoms with Crippen LogP contribution in [-0.4, -0.2) is 23.5 Å². The van der Waals surface area contributed by atoms with Crippen molar-refractivity contribution in [3.63, 3.8) is 0 Å². The minimum atomic E-state index is -0.561. The van der Waals surface area contributed by atoms with Crippen LogP contribution in [0.2, 0.25) is 0 Å². The van der Waals surface area contributed by atoms with Gasteiger partial charge in [-0.25, -0.2) is 4.79 Å². The second-order valence-electron chi connectivity index (χ2n) is 7.91. The number of ether oxygens (including phenoxy) is 1. The molecule has 0 saturated heterocycles. The quantitative estimate of drug-likeness (QED) is 0.626. The van der Waals surface area contributed by atoms with Gasteiger partial charge in [-0.15, -0.1) is 0 Å². The molecule has 0 saturated carbocycles. The van der Waals surface area contributed by atoms with Gasteiger partial charge in [-0.05, 0) is 36.5 Å². The molecule has 0 spiro atoms. The Hall–Kier alpha value is -2.82. The van der Waals surface area contributed by atoms with Crippen LogP contribution in [0.15, 0.2) is 59.5 Å². The van der Waals surface area contributed by atoms with Crippen LogP contribution in [-0.2, 0) is 14.3 Å². The number of hydrogen-bond acceptors (Lipinski definition) is 5. The molecule has 0 radical (unpaired) electrons. The zero-order valence-corrected chi connectivity index (χ0v) is 16.0. The van der Waals surface area contributed by atoms with Gasteiger partial charge in [0.1, 0.15) is 12.4 Å². The number of phenols is 1. The average Bonchev–Trinajstić information content (AvgIpc) is 2.57. The van der Waals surface area contributed by atoms with E-state index >= 15 is 0 Å². The van der Waals surface area contributed by atoms with Gasteiger partial charge in [0, 0.05) is 29.3 Å². The summed E-state index contributed by atoms with van der Waals surface area (Å²) in [4.78, 5) is 25.8. The third kappa shape index (κ3) is 3.68. The molecule has 142 valence electrons. The van der Waals surface area contributed by atoms with E-state index in [1.165, 1.54) is 6.08 Å². The Labute approximate surface area is 159 Å². The smallest absolute Gasteiger partial charge is 0.337 e. The summed E-state index contributed by atoms with van der Waals surface area (Å²) in [6.45, 7) is 9.61. The predicted molar refractivity (Wildman–Crippen MR) is 103 cm³/mol. The molecule has 1 aliphatic carbocycles. The first kappa shape index (κ1) is 19.0. The van der Waals surface area contributed by atoms with Crippen LogP contribution in [0.5, 0.6) is 5.75 Å². The van der Waals surface area contributed by atoms with Crippen LogP contribution >= 0.6 is 0 Å². The maximum Gasteiger partial charge on any atom is 0.337 e. The molecule has 0 unspecified atom stereocenters. The zero-order chi connectivity index (χ0) is 19.8. The van der Waals surface area contributed by atoms with Crippen LogP contribution in [0.4, 0.5) is 0 Å². The van der Waals surface area contributed by atoms with Gasteiger partial charge in [-0.3, -0.25) is 4.79 Å². The Kier molecular flexibility index (Phi) is 4.96. The van der Waals surface area contributed by atoms with Gasteiger partial charge < -0.3 is 15.2 Å². The van der Waals surface area contributed by atoms with E-state index in [4.69, 9.17) is 4.74 Å². The number of nitrogens with one attached hydrogen (secondary N) is 1. The molecule has 2 N–H and O–H groups in total.